The number of piperidine rings is 1. The van der Waals surface area contributed by atoms with Gasteiger partial charge in [-0.2, -0.15) is 0 Å². The third kappa shape index (κ3) is 2.64. The summed E-state index contributed by atoms with van der Waals surface area (Å²) >= 11 is 0. The summed E-state index contributed by atoms with van der Waals surface area (Å²) in [7, 11) is 0. The van der Waals surface area contributed by atoms with Crippen molar-refractivity contribution in [3.05, 3.63) is 29.8 Å². The Morgan fingerprint density at radius 2 is 1.47 bits per heavy atom. The van der Waals surface area contributed by atoms with Crippen LogP contribution in [-0.4, -0.2) is 13.1 Å². The van der Waals surface area contributed by atoms with E-state index in [9.17, 15) is 0 Å². The molecule has 1 aromatic rings. The van der Waals surface area contributed by atoms with E-state index in [1.54, 1.807) is 0 Å². The molecule has 2 N–H and O–H groups in total. The molecule has 2 aliphatic rings. The maximum Gasteiger partial charge on any atom is 0.0430 e. The number of anilines is 1. The van der Waals surface area contributed by atoms with Crippen molar-refractivity contribution in [1.29, 1.82) is 0 Å². The Balaban J connectivity index is 1.91. The number of hydrogen-bond donors (Lipinski definition) is 1. The van der Waals surface area contributed by atoms with Crippen molar-refractivity contribution in [1.82, 2.24) is 0 Å². The van der Waals surface area contributed by atoms with Gasteiger partial charge < -0.3 is 10.6 Å². The minimum atomic E-state index is -0.0771. The SMILES string of the molecule is NC1(c2ccccc2N2CCCCC2)CCCCC1. The van der Waals surface area contributed by atoms with Crippen molar-refractivity contribution in [2.24, 2.45) is 5.73 Å². The molecule has 3 rings (SSSR count). The van der Waals surface area contributed by atoms with Gasteiger partial charge in [0.25, 0.3) is 0 Å². The van der Waals surface area contributed by atoms with E-state index in [2.05, 4.69) is 29.2 Å². The summed E-state index contributed by atoms with van der Waals surface area (Å²) in [5, 5.41) is 0. The van der Waals surface area contributed by atoms with Crippen LogP contribution in [0.15, 0.2) is 24.3 Å². The first-order chi connectivity index (χ1) is 9.30. The zero-order valence-corrected chi connectivity index (χ0v) is 11.9. The molecule has 0 spiro atoms. The second-order valence-electron chi connectivity index (χ2n) is 6.28. The fourth-order valence-corrected chi connectivity index (χ4v) is 3.76. The highest BCUT2D eigenvalue weighted by Crippen LogP contribution is 2.39. The standard InChI is InChI=1S/C17H26N2/c18-17(11-5-1-6-12-17)15-9-3-4-10-16(15)19-13-7-2-8-14-19/h3-4,9-10H,1-2,5-8,11-14,18H2. The summed E-state index contributed by atoms with van der Waals surface area (Å²) in [6.07, 6.45) is 10.3. The molecule has 1 heterocycles. The van der Waals surface area contributed by atoms with Gasteiger partial charge in [-0.25, -0.2) is 0 Å². The van der Waals surface area contributed by atoms with E-state index in [0.717, 1.165) is 12.8 Å². The van der Waals surface area contributed by atoms with Crippen LogP contribution in [0.4, 0.5) is 5.69 Å². The molecule has 104 valence electrons. The van der Waals surface area contributed by atoms with Crippen LogP contribution in [0.3, 0.4) is 0 Å². The summed E-state index contributed by atoms with van der Waals surface area (Å²) in [6.45, 7) is 2.40. The van der Waals surface area contributed by atoms with Crippen molar-refractivity contribution in [3.8, 4) is 0 Å². The van der Waals surface area contributed by atoms with E-state index in [4.69, 9.17) is 5.73 Å². The summed E-state index contributed by atoms with van der Waals surface area (Å²) in [4.78, 5) is 2.56. The summed E-state index contributed by atoms with van der Waals surface area (Å²) in [5.74, 6) is 0. The van der Waals surface area contributed by atoms with E-state index in [0.29, 0.717) is 0 Å². The van der Waals surface area contributed by atoms with Gasteiger partial charge in [-0.15, -0.1) is 0 Å². The van der Waals surface area contributed by atoms with E-state index in [1.165, 1.54) is 62.9 Å². The van der Waals surface area contributed by atoms with Crippen molar-refractivity contribution in [3.63, 3.8) is 0 Å². The van der Waals surface area contributed by atoms with Gasteiger partial charge in [0.15, 0.2) is 0 Å². The molecule has 0 bridgehead atoms. The fourth-order valence-electron chi connectivity index (χ4n) is 3.76. The Morgan fingerprint density at radius 1 is 0.842 bits per heavy atom. The quantitative estimate of drug-likeness (QED) is 0.874. The number of nitrogens with zero attached hydrogens (tertiary/aromatic N) is 1. The van der Waals surface area contributed by atoms with Gasteiger partial charge in [0.1, 0.15) is 0 Å². The molecule has 19 heavy (non-hydrogen) atoms. The van der Waals surface area contributed by atoms with Crippen molar-refractivity contribution >= 4 is 5.69 Å². The fraction of sp³-hybridized carbons (Fsp3) is 0.647. The predicted molar refractivity (Wildman–Crippen MR) is 81.5 cm³/mol. The number of rotatable bonds is 2. The normalized spacial score (nSPS) is 23.3. The van der Waals surface area contributed by atoms with E-state index >= 15 is 0 Å². The van der Waals surface area contributed by atoms with Gasteiger partial charge >= 0.3 is 0 Å². The molecule has 1 aliphatic heterocycles. The zero-order valence-electron chi connectivity index (χ0n) is 11.9. The smallest absolute Gasteiger partial charge is 0.0430 e. The molecule has 1 saturated carbocycles. The van der Waals surface area contributed by atoms with Gasteiger partial charge in [0.2, 0.25) is 0 Å². The van der Waals surface area contributed by atoms with Crippen molar-refractivity contribution in [2.75, 3.05) is 18.0 Å². The van der Waals surface area contributed by atoms with Gasteiger partial charge in [-0.3, -0.25) is 0 Å². The topological polar surface area (TPSA) is 29.3 Å². The highest BCUT2D eigenvalue weighted by molar-refractivity contribution is 5.57. The molecule has 0 aromatic heterocycles. The van der Waals surface area contributed by atoms with Crippen LogP contribution in [-0.2, 0) is 5.54 Å². The third-order valence-electron chi connectivity index (χ3n) is 4.88. The van der Waals surface area contributed by atoms with Crippen molar-refractivity contribution < 1.29 is 0 Å². The number of para-hydroxylation sites is 1. The maximum atomic E-state index is 6.76. The van der Waals surface area contributed by atoms with Crippen LogP contribution in [0.5, 0.6) is 0 Å². The van der Waals surface area contributed by atoms with Crippen LogP contribution in [0.25, 0.3) is 0 Å². The number of benzene rings is 1. The average molecular weight is 258 g/mol. The first-order valence-electron chi connectivity index (χ1n) is 7.93. The molecular formula is C17H26N2. The Kier molecular flexibility index (Phi) is 3.79. The second kappa shape index (κ2) is 5.54. The minimum Gasteiger partial charge on any atom is -0.371 e. The zero-order chi connectivity index (χ0) is 13.1. The van der Waals surface area contributed by atoms with Crippen LogP contribution in [0.1, 0.15) is 56.9 Å². The number of nitrogens with two attached hydrogens (primary N) is 1. The lowest BCUT2D eigenvalue weighted by atomic mass is 9.76. The summed E-state index contributed by atoms with van der Waals surface area (Å²) in [5.41, 5.74) is 9.49. The molecule has 2 nitrogen and oxygen atoms in total. The van der Waals surface area contributed by atoms with Crippen molar-refractivity contribution in [2.45, 2.75) is 56.9 Å². The van der Waals surface area contributed by atoms with Crippen LogP contribution in [0.2, 0.25) is 0 Å². The third-order valence-corrected chi connectivity index (χ3v) is 4.88. The Morgan fingerprint density at radius 3 is 2.21 bits per heavy atom. The monoisotopic (exact) mass is 258 g/mol. The average Bonchev–Trinajstić information content (AvgIpc) is 2.49. The molecule has 0 radical (unpaired) electrons. The van der Waals surface area contributed by atoms with Gasteiger partial charge in [-0.05, 0) is 43.7 Å². The van der Waals surface area contributed by atoms with Gasteiger partial charge in [0, 0.05) is 24.3 Å². The molecule has 1 saturated heterocycles. The van der Waals surface area contributed by atoms with Crippen LogP contribution < -0.4 is 10.6 Å². The highest BCUT2D eigenvalue weighted by Gasteiger charge is 2.32. The van der Waals surface area contributed by atoms with E-state index in [-0.39, 0.29) is 5.54 Å². The highest BCUT2D eigenvalue weighted by atomic mass is 15.1. The van der Waals surface area contributed by atoms with Gasteiger partial charge in [0.05, 0.1) is 0 Å². The van der Waals surface area contributed by atoms with E-state index < -0.39 is 0 Å². The number of hydrogen-bond acceptors (Lipinski definition) is 2. The molecule has 2 heteroatoms. The molecular weight excluding hydrogens is 232 g/mol. The molecule has 1 aromatic carbocycles. The lowest BCUT2D eigenvalue weighted by Gasteiger charge is -2.39. The Bertz CT molecular complexity index is 415. The van der Waals surface area contributed by atoms with Crippen LogP contribution >= 0.6 is 0 Å². The minimum absolute atomic E-state index is 0.0771. The largest absolute Gasteiger partial charge is 0.371 e. The maximum absolute atomic E-state index is 6.76. The molecule has 0 unspecified atom stereocenters. The lowest BCUT2D eigenvalue weighted by molar-refractivity contribution is 0.302. The Labute approximate surface area is 117 Å². The summed E-state index contributed by atoms with van der Waals surface area (Å²) in [6, 6.07) is 8.88. The molecule has 2 fully saturated rings. The second-order valence-corrected chi connectivity index (χ2v) is 6.28. The molecule has 0 amide bonds. The van der Waals surface area contributed by atoms with E-state index in [1.807, 2.05) is 0 Å². The predicted octanol–water partition coefficient (Wildman–Crippen LogP) is 3.80. The first-order valence-corrected chi connectivity index (χ1v) is 7.93. The molecule has 0 atom stereocenters. The van der Waals surface area contributed by atoms with Gasteiger partial charge in [-0.1, -0.05) is 37.5 Å². The first kappa shape index (κ1) is 13.0. The van der Waals surface area contributed by atoms with Crippen LogP contribution in [0, 0.1) is 0 Å². The lowest BCUT2D eigenvalue weighted by Crippen LogP contribution is -2.41. The summed E-state index contributed by atoms with van der Waals surface area (Å²) < 4.78 is 0. The molecule has 1 aliphatic carbocycles. The Hall–Kier alpha value is -1.02.